The van der Waals surface area contributed by atoms with Gasteiger partial charge in [0, 0.05) is 23.2 Å². The fourth-order valence-corrected chi connectivity index (χ4v) is 5.60. The standard InChI is InChI=1S/C24H29BrN2O5/c1-24(2,3)32-23(30)26-13-7-9-16-18(22(29)31-4)21(28)27-17-10-6-5-8-14(17)15(11-12-25)20(27)19(16)26/h5-6,8,10,16,18-19H,7,9,11-13H2,1-4H3/t16-,18+,19-/m1/s1. The fourth-order valence-electron chi connectivity index (χ4n) is 5.21. The molecule has 0 saturated carbocycles. The number of hydrogen-bond donors (Lipinski definition) is 0. The summed E-state index contributed by atoms with van der Waals surface area (Å²) in [5, 5.41) is 1.68. The van der Waals surface area contributed by atoms with Crippen LogP contribution in [0.2, 0.25) is 0 Å². The van der Waals surface area contributed by atoms with E-state index in [-0.39, 0.29) is 11.8 Å². The van der Waals surface area contributed by atoms with Gasteiger partial charge in [-0.05, 0) is 51.7 Å². The van der Waals surface area contributed by atoms with Crippen molar-refractivity contribution in [2.75, 3.05) is 19.0 Å². The maximum atomic E-state index is 13.7. The van der Waals surface area contributed by atoms with Crippen molar-refractivity contribution >= 4 is 44.8 Å². The first-order valence-corrected chi connectivity index (χ1v) is 12.1. The highest BCUT2D eigenvalue weighted by molar-refractivity contribution is 9.09. The first kappa shape index (κ1) is 22.8. The summed E-state index contributed by atoms with van der Waals surface area (Å²) in [6, 6.07) is 7.27. The second-order valence-electron chi connectivity index (χ2n) is 9.42. The molecule has 1 aromatic carbocycles. The van der Waals surface area contributed by atoms with Crippen molar-refractivity contribution in [2.24, 2.45) is 11.8 Å². The van der Waals surface area contributed by atoms with Crippen molar-refractivity contribution in [1.29, 1.82) is 0 Å². The molecular formula is C24H29BrN2O5. The van der Waals surface area contributed by atoms with E-state index in [1.807, 2.05) is 45.0 Å². The molecule has 4 rings (SSSR count). The highest BCUT2D eigenvalue weighted by Crippen LogP contribution is 2.49. The summed E-state index contributed by atoms with van der Waals surface area (Å²) in [5.74, 6) is -2.16. The zero-order valence-corrected chi connectivity index (χ0v) is 20.5. The molecule has 1 aromatic heterocycles. The lowest BCUT2D eigenvalue weighted by molar-refractivity contribution is -0.147. The van der Waals surface area contributed by atoms with Crippen molar-refractivity contribution in [3.63, 3.8) is 0 Å². The van der Waals surface area contributed by atoms with E-state index in [0.29, 0.717) is 31.1 Å². The second-order valence-corrected chi connectivity index (χ2v) is 10.2. The van der Waals surface area contributed by atoms with Gasteiger partial charge >= 0.3 is 12.1 Å². The molecule has 0 aliphatic carbocycles. The van der Waals surface area contributed by atoms with Crippen molar-refractivity contribution in [3.8, 4) is 0 Å². The molecule has 0 unspecified atom stereocenters. The monoisotopic (exact) mass is 504 g/mol. The minimum atomic E-state index is -0.963. The maximum absolute atomic E-state index is 13.7. The smallest absolute Gasteiger partial charge is 0.410 e. The van der Waals surface area contributed by atoms with Crippen LogP contribution in [-0.2, 0) is 20.7 Å². The van der Waals surface area contributed by atoms with Crippen LogP contribution >= 0.6 is 15.9 Å². The lowest BCUT2D eigenvalue weighted by Gasteiger charge is -2.46. The number of alkyl halides is 1. The summed E-state index contributed by atoms with van der Waals surface area (Å²) in [6.07, 6.45) is 1.62. The van der Waals surface area contributed by atoms with Gasteiger partial charge in [0.05, 0.1) is 24.4 Å². The predicted molar refractivity (Wildman–Crippen MR) is 124 cm³/mol. The summed E-state index contributed by atoms with van der Waals surface area (Å²) in [4.78, 5) is 41.5. The number of para-hydroxylation sites is 1. The number of aryl methyl sites for hydroxylation is 1. The van der Waals surface area contributed by atoms with E-state index in [1.54, 1.807) is 9.47 Å². The molecule has 172 valence electrons. The van der Waals surface area contributed by atoms with Gasteiger partial charge < -0.3 is 9.47 Å². The van der Waals surface area contributed by atoms with E-state index < -0.39 is 29.6 Å². The third-order valence-electron chi connectivity index (χ3n) is 6.32. The molecule has 2 aliphatic rings. The number of piperidine rings is 1. The number of halogens is 1. The Bertz CT molecular complexity index is 1070. The first-order valence-electron chi connectivity index (χ1n) is 11.0. The highest BCUT2D eigenvalue weighted by atomic mass is 79.9. The Morgan fingerprint density at radius 2 is 1.94 bits per heavy atom. The third-order valence-corrected chi connectivity index (χ3v) is 6.72. The van der Waals surface area contributed by atoms with Crippen LogP contribution in [0.25, 0.3) is 10.9 Å². The molecule has 0 bridgehead atoms. The average molecular weight is 505 g/mol. The van der Waals surface area contributed by atoms with Crippen molar-refractivity contribution in [3.05, 3.63) is 35.5 Å². The molecule has 7 nitrogen and oxygen atoms in total. The molecule has 32 heavy (non-hydrogen) atoms. The van der Waals surface area contributed by atoms with Crippen LogP contribution in [0.3, 0.4) is 0 Å². The molecule has 1 fully saturated rings. The number of hydrogen-bond acceptors (Lipinski definition) is 5. The molecule has 8 heteroatoms. The second kappa shape index (κ2) is 8.54. The summed E-state index contributed by atoms with van der Waals surface area (Å²) < 4.78 is 12.4. The topological polar surface area (TPSA) is 77.8 Å². The van der Waals surface area contributed by atoms with E-state index >= 15 is 0 Å². The van der Waals surface area contributed by atoms with Gasteiger partial charge in [0.15, 0.2) is 0 Å². The molecule has 0 N–H and O–H groups in total. The van der Waals surface area contributed by atoms with Crippen LogP contribution in [0.15, 0.2) is 24.3 Å². The number of methoxy groups -OCH3 is 1. The molecule has 1 saturated heterocycles. The molecule has 1 amide bonds. The van der Waals surface area contributed by atoms with Gasteiger partial charge in [-0.15, -0.1) is 0 Å². The summed E-state index contributed by atoms with van der Waals surface area (Å²) in [5.41, 5.74) is 1.93. The molecule has 2 aromatic rings. The molecule has 0 radical (unpaired) electrons. The largest absolute Gasteiger partial charge is 0.468 e. The molecule has 2 aliphatic heterocycles. The van der Waals surface area contributed by atoms with E-state index in [9.17, 15) is 14.4 Å². The molecule has 3 heterocycles. The number of aromatic nitrogens is 1. The summed E-state index contributed by atoms with van der Waals surface area (Å²) in [7, 11) is 1.30. The predicted octanol–water partition coefficient (Wildman–Crippen LogP) is 4.71. The highest BCUT2D eigenvalue weighted by Gasteiger charge is 2.53. The van der Waals surface area contributed by atoms with Gasteiger partial charge in [0.25, 0.3) is 0 Å². The number of amides is 1. The molecule has 3 atom stereocenters. The molecule has 0 spiro atoms. The number of carbonyl (C=O) groups excluding carboxylic acids is 3. The van der Waals surface area contributed by atoms with Crippen LogP contribution in [0.4, 0.5) is 4.79 Å². The summed E-state index contributed by atoms with van der Waals surface area (Å²) >= 11 is 3.54. The zero-order chi connectivity index (χ0) is 23.2. The van der Waals surface area contributed by atoms with Gasteiger partial charge in [-0.2, -0.15) is 0 Å². The number of rotatable bonds is 3. The Morgan fingerprint density at radius 3 is 2.59 bits per heavy atom. The van der Waals surface area contributed by atoms with Crippen LogP contribution in [0.1, 0.15) is 55.7 Å². The Morgan fingerprint density at radius 1 is 1.22 bits per heavy atom. The Balaban J connectivity index is 1.97. The van der Waals surface area contributed by atoms with Gasteiger partial charge in [0.1, 0.15) is 11.5 Å². The first-order chi connectivity index (χ1) is 15.2. The van der Waals surface area contributed by atoms with Gasteiger partial charge in [-0.3, -0.25) is 19.1 Å². The SMILES string of the molecule is COC(=O)[C@@H]1C(=O)n2c(c(CCBr)c3ccccc32)[C@H]2[C@@H]1CCCN2C(=O)OC(C)(C)C. The number of esters is 1. The van der Waals surface area contributed by atoms with E-state index in [2.05, 4.69) is 15.9 Å². The van der Waals surface area contributed by atoms with Crippen molar-refractivity contribution in [1.82, 2.24) is 9.47 Å². The number of benzene rings is 1. The number of nitrogens with zero attached hydrogens (tertiary/aromatic N) is 2. The zero-order valence-electron chi connectivity index (χ0n) is 18.9. The third kappa shape index (κ3) is 3.72. The van der Waals surface area contributed by atoms with E-state index in [4.69, 9.17) is 9.47 Å². The van der Waals surface area contributed by atoms with Crippen molar-refractivity contribution < 1.29 is 23.9 Å². The molecular weight excluding hydrogens is 476 g/mol. The number of ether oxygens (including phenoxy) is 2. The van der Waals surface area contributed by atoms with Gasteiger partial charge in [-0.25, -0.2) is 4.79 Å². The lowest BCUT2D eigenvalue weighted by atomic mass is 9.74. The van der Waals surface area contributed by atoms with Crippen LogP contribution < -0.4 is 0 Å². The van der Waals surface area contributed by atoms with Gasteiger partial charge in [0.2, 0.25) is 5.91 Å². The maximum Gasteiger partial charge on any atom is 0.410 e. The normalized spacial score (nSPS) is 23.0. The van der Waals surface area contributed by atoms with Crippen LogP contribution in [-0.4, -0.2) is 52.0 Å². The Labute approximate surface area is 196 Å². The summed E-state index contributed by atoms with van der Waals surface area (Å²) in [6.45, 7) is 6.01. The Kier molecular flexibility index (Phi) is 6.09. The minimum absolute atomic E-state index is 0.281. The number of likely N-dealkylation sites (tertiary alicyclic amines) is 1. The van der Waals surface area contributed by atoms with Crippen molar-refractivity contribution in [2.45, 2.75) is 51.7 Å². The fraction of sp³-hybridized carbons (Fsp3) is 0.542. The van der Waals surface area contributed by atoms with Crippen LogP contribution in [0.5, 0.6) is 0 Å². The van der Waals surface area contributed by atoms with E-state index in [1.165, 1.54) is 7.11 Å². The van der Waals surface area contributed by atoms with Crippen LogP contribution in [0, 0.1) is 11.8 Å². The number of fused-ring (bicyclic) bond motifs is 5. The number of carbonyl (C=O) groups is 3. The average Bonchev–Trinajstić information content (AvgIpc) is 3.07. The lowest BCUT2D eigenvalue weighted by Crippen LogP contribution is -2.54. The Hall–Kier alpha value is -2.35. The quantitative estimate of drug-likeness (QED) is 0.343. The van der Waals surface area contributed by atoms with E-state index in [0.717, 1.165) is 22.2 Å². The van der Waals surface area contributed by atoms with Gasteiger partial charge in [-0.1, -0.05) is 34.1 Å². The minimum Gasteiger partial charge on any atom is -0.468 e.